The first-order valence-electron chi connectivity index (χ1n) is 8.33. The van der Waals surface area contributed by atoms with Gasteiger partial charge in [0.15, 0.2) is 0 Å². The molecular formula is C17H20N6O4. The number of nitrogens with zero attached hydrogens (tertiary/aromatic N) is 6. The van der Waals surface area contributed by atoms with E-state index in [0.29, 0.717) is 19.2 Å². The number of benzene rings is 1. The van der Waals surface area contributed by atoms with Crippen molar-refractivity contribution in [3.8, 4) is 11.8 Å². The first-order chi connectivity index (χ1) is 12.9. The minimum Gasteiger partial charge on any atom is -0.487 e. The molecule has 0 fully saturated rings. The van der Waals surface area contributed by atoms with Crippen LogP contribution in [0.5, 0.6) is 11.8 Å². The summed E-state index contributed by atoms with van der Waals surface area (Å²) in [5.74, 6) is 0.706. The summed E-state index contributed by atoms with van der Waals surface area (Å²) in [6.45, 7) is 5.02. The van der Waals surface area contributed by atoms with Gasteiger partial charge in [-0.05, 0) is 36.5 Å². The fourth-order valence-electron chi connectivity index (χ4n) is 2.52. The Balaban J connectivity index is 0.000000159. The Kier molecular flexibility index (Phi) is 5.34. The minimum absolute atomic E-state index is 0.0632. The molecule has 1 aliphatic heterocycles. The van der Waals surface area contributed by atoms with E-state index in [-0.39, 0.29) is 11.9 Å². The first kappa shape index (κ1) is 18.4. The number of nitro groups is 1. The molecule has 1 aromatic carbocycles. The van der Waals surface area contributed by atoms with Gasteiger partial charge in [0, 0.05) is 12.0 Å². The molecule has 3 heterocycles. The number of rotatable bonds is 4. The summed E-state index contributed by atoms with van der Waals surface area (Å²) in [4.78, 5) is 13.4. The molecule has 0 N–H and O–H groups in total. The lowest BCUT2D eigenvalue weighted by molar-refractivity contribution is -0.389. The quantitative estimate of drug-likeness (QED) is 0.510. The van der Waals surface area contributed by atoms with Crippen molar-refractivity contribution in [2.24, 2.45) is 7.05 Å². The van der Waals surface area contributed by atoms with E-state index in [0.717, 1.165) is 11.4 Å². The summed E-state index contributed by atoms with van der Waals surface area (Å²) in [5, 5.41) is 18.0. The summed E-state index contributed by atoms with van der Waals surface area (Å²) >= 11 is 0. The van der Waals surface area contributed by atoms with Crippen LogP contribution in [0.3, 0.4) is 0 Å². The molecule has 1 aliphatic rings. The second kappa shape index (κ2) is 7.85. The summed E-state index contributed by atoms with van der Waals surface area (Å²) in [6, 6.07) is 8.28. The third-order valence-electron chi connectivity index (χ3n) is 3.70. The Morgan fingerprint density at radius 2 is 2.22 bits per heavy atom. The number of aromatic nitrogens is 5. The number of hydrogen-bond donors (Lipinski definition) is 0. The molecule has 0 spiro atoms. The molecule has 1 unspecified atom stereocenters. The van der Waals surface area contributed by atoms with Crippen molar-refractivity contribution in [2.45, 2.75) is 33.1 Å². The Hall–Kier alpha value is -3.43. The zero-order valence-electron chi connectivity index (χ0n) is 15.3. The molecule has 27 heavy (non-hydrogen) atoms. The largest absolute Gasteiger partial charge is 0.487 e. The highest BCUT2D eigenvalue weighted by Crippen LogP contribution is 2.24. The van der Waals surface area contributed by atoms with Crippen LogP contribution in [0.1, 0.15) is 18.2 Å². The maximum Gasteiger partial charge on any atom is 0.414 e. The summed E-state index contributed by atoms with van der Waals surface area (Å²) in [6.07, 6.45) is 3.29. The molecular weight excluding hydrogens is 352 g/mol. The first-order valence-corrected chi connectivity index (χ1v) is 8.33. The summed E-state index contributed by atoms with van der Waals surface area (Å²) in [7, 11) is 1.84. The molecule has 1 atom stereocenters. The SMILES string of the molecule is CC1Cn2cc([N+](=O)[O-])nc2O1.Cc1cccc(OCc2cn(C)nn2)c1. The van der Waals surface area contributed by atoms with Crippen molar-refractivity contribution >= 4 is 5.82 Å². The average molecular weight is 372 g/mol. The summed E-state index contributed by atoms with van der Waals surface area (Å²) in [5.41, 5.74) is 2.02. The number of hydrogen-bond acceptors (Lipinski definition) is 7. The topological polar surface area (TPSA) is 110 Å². The van der Waals surface area contributed by atoms with Gasteiger partial charge >= 0.3 is 11.8 Å². The third-order valence-corrected chi connectivity index (χ3v) is 3.70. The molecule has 0 amide bonds. The van der Waals surface area contributed by atoms with Gasteiger partial charge in [-0.15, -0.1) is 5.10 Å². The third kappa shape index (κ3) is 4.81. The highest BCUT2D eigenvalue weighted by atomic mass is 16.6. The van der Waals surface area contributed by atoms with Crippen LogP contribution in [0.4, 0.5) is 5.82 Å². The molecule has 10 nitrogen and oxygen atoms in total. The second-order valence-corrected chi connectivity index (χ2v) is 6.21. The van der Waals surface area contributed by atoms with Crippen LogP contribution in [-0.2, 0) is 20.2 Å². The molecule has 0 saturated carbocycles. The van der Waals surface area contributed by atoms with Gasteiger partial charge in [-0.25, -0.2) is 0 Å². The number of ether oxygens (including phenoxy) is 2. The lowest BCUT2D eigenvalue weighted by Gasteiger charge is -2.03. The number of aryl methyl sites for hydroxylation is 2. The van der Waals surface area contributed by atoms with Crippen LogP contribution in [-0.4, -0.2) is 35.6 Å². The Labute approximate surface area is 155 Å². The van der Waals surface area contributed by atoms with Crippen molar-refractivity contribution in [1.82, 2.24) is 24.5 Å². The average Bonchev–Trinajstić information content (AvgIpc) is 3.28. The predicted octanol–water partition coefficient (Wildman–Crippen LogP) is 2.27. The molecule has 10 heteroatoms. The molecule has 0 radical (unpaired) electrons. The van der Waals surface area contributed by atoms with E-state index >= 15 is 0 Å². The number of fused-ring (bicyclic) bond motifs is 1. The Bertz CT molecular complexity index is 912. The van der Waals surface area contributed by atoms with Crippen LogP contribution in [0.25, 0.3) is 0 Å². The Morgan fingerprint density at radius 1 is 1.41 bits per heavy atom. The molecule has 3 aromatic rings. The van der Waals surface area contributed by atoms with Crippen LogP contribution in [0.15, 0.2) is 36.7 Å². The number of imidazole rings is 1. The molecule has 0 saturated heterocycles. The summed E-state index contributed by atoms with van der Waals surface area (Å²) < 4.78 is 14.1. The monoisotopic (exact) mass is 372 g/mol. The van der Waals surface area contributed by atoms with Crippen molar-refractivity contribution < 1.29 is 14.4 Å². The smallest absolute Gasteiger partial charge is 0.414 e. The van der Waals surface area contributed by atoms with E-state index in [9.17, 15) is 10.1 Å². The molecule has 142 valence electrons. The van der Waals surface area contributed by atoms with Crippen LogP contribution in [0.2, 0.25) is 0 Å². The van der Waals surface area contributed by atoms with Gasteiger partial charge in [-0.1, -0.05) is 17.3 Å². The van der Waals surface area contributed by atoms with Crippen molar-refractivity contribution in [3.05, 3.63) is 58.0 Å². The lowest BCUT2D eigenvalue weighted by Crippen LogP contribution is -2.08. The molecule has 0 bridgehead atoms. The van der Waals surface area contributed by atoms with Gasteiger partial charge in [0.25, 0.3) is 0 Å². The minimum atomic E-state index is -0.528. The van der Waals surface area contributed by atoms with Gasteiger partial charge in [-0.2, -0.15) is 0 Å². The predicted molar refractivity (Wildman–Crippen MR) is 95.5 cm³/mol. The van der Waals surface area contributed by atoms with Crippen molar-refractivity contribution in [2.75, 3.05) is 0 Å². The van der Waals surface area contributed by atoms with Gasteiger partial charge in [0.2, 0.25) is 0 Å². The van der Waals surface area contributed by atoms with E-state index in [1.165, 1.54) is 11.8 Å². The van der Waals surface area contributed by atoms with Crippen LogP contribution < -0.4 is 9.47 Å². The molecule has 2 aromatic heterocycles. The van der Waals surface area contributed by atoms with E-state index < -0.39 is 4.92 Å². The van der Waals surface area contributed by atoms with Crippen molar-refractivity contribution in [1.29, 1.82) is 0 Å². The highest BCUT2D eigenvalue weighted by Gasteiger charge is 2.28. The zero-order valence-corrected chi connectivity index (χ0v) is 15.3. The zero-order chi connectivity index (χ0) is 19.4. The molecule has 4 rings (SSSR count). The van der Waals surface area contributed by atoms with Gasteiger partial charge in [-0.3, -0.25) is 9.25 Å². The lowest BCUT2D eigenvalue weighted by atomic mass is 10.2. The maximum atomic E-state index is 10.3. The van der Waals surface area contributed by atoms with Crippen LogP contribution >= 0.6 is 0 Å². The van der Waals surface area contributed by atoms with E-state index in [1.54, 1.807) is 9.25 Å². The highest BCUT2D eigenvalue weighted by molar-refractivity contribution is 5.27. The molecule has 0 aliphatic carbocycles. The fourth-order valence-corrected chi connectivity index (χ4v) is 2.52. The van der Waals surface area contributed by atoms with E-state index in [4.69, 9.17) is 9.47 Å². The van der Waals surface area contributed by atoms with Crippen molar-refractivity contribution in [3.63, 3.8) is 0 Å². The van der Waals surface area contributed by atoms with Crippen LogP contribution in [0, 0.1) is 17.0 Å². The maximum absolute atomic E-state index is 10.3. The fraction of sp³-hybridized carbons (Fsp3) is 0.353. The van der Waals surface area contributed by atoms with E-state index in [2.05, 4.69) is 15.3 Å². The van der Waals surface area contributed by atoms with E-state index in [1.807, 2.05) is 51.4 Å². The van der Waals surface area contributed by atoms with Gasteiger partial charge in [0.05, 0.1) is 12.7 Å². The van der Waals surface area contributed by atoms with Gasteiger partial charge < -0.3 is 19.6 Å². The standard InChI is InChI=1S/C11H13N3O.C6H7N3O3/c1-9-4-3-5-11(6-9)15-8-10-7-14(2)13-12-10;1-4-2-8-3-5(9(10)11)7-6(8)12-4/h3-7H,8H2,1-2H3;3-4H,2H2,1H3. The Morgan fingerprint density at radius 3 is 2.85 bits per heavy atom. The van der Waals surface area contributed by atoms with Gasteiger partial charge in [0.1, 0.15) is 30.4 Å². The normalized spacial score (nSPS) is 14.7. The second-order valence-electron chi connectivity index (χ2n) is 6.21.